The average molecular weight is 291 g/mol. The molecular formula is C11H17NO4S2. The number of carbonyl (C=O) groups is 1. The maximum absolute atomic E-state index is 11.8. The van der Waals surface area contributed by atoms with Gasteiger partial charge in [-0.05, 0) is 24.0 Å². The third-order valence-corrected chi connectivity index (χ3v) is 4.58. The van der Waals surface area contributed by atoms with Gasteiger partial charge in [-0.3, -0.25) is 4.72 Å². The lowest BCUT2D eigenvalue weighted by Crippen LogP contribution is -2.20. The van der Waals surface area contributed by atoms with Crippen LogP contribution in [0.2, 0.25) is 0 Å². The summed E-state index contributed by atoms with van der Waals surface area (Å²) in [4.78, 5) is 10.8. The normalized spacial score (nSPS) is 12.4. The second kappa shape index (κ2) is 5.27. The number of carboxylic acid groups (broad SMARTS) is 1. The molecule has 0 saturated heterocycles. The van der Waals surface area contributed by atoms with Crippen LogP contribution in [0.3, 0.4) is 0 Å². The molecule has 2 N–H and O–H groups in total. The summed E-state index contributed by atoms with van der Waals surface area (Å²) in [6, 6.07) is 2.84. The van der Waals surface area contributed by atoms with Crippen LogP contribution < -0.4 is 4.72 Å². The van der Waals surface area contributed by atoms with E-state index in [0.717, 1.165) is 11.3 Å². The second-order valence-electron chi connectivity index (χ2n) is 5.20. The lowest BCUT2D eigenvalue weighted by Gasteiger charge is -2.17. The Morgan fingerprint density at radius 1 is 1.39 bits per heavy atom. The average Bonchev–Trinajstić information content (AvgIpc) is 2.62. The zero-order chi connectivity index (χ0) is 14.0. The quantitative estimate of drug-likeness (QED) is 0.873. The van der Waals surface area contributed by atoms with Crippen LogP contribution in [0.15, 0.2) is 12.1 Å². The largest absolute Gasteiger partial charge is 0.477 e. The monoisotopic (exact) mass is 291 g/mol. The number of carboxylic acids is 1. The fourth-order valence-electron chi connectivity index (χ4n) is 1.15. The molecule has 1 heterocycles. The van der Waals surface area contributed by atoms with Gasteiger partial charge < -0.3 is 5.11 Å². The van der Waals surface area contributed by atoms with Crippen molar-refractivity contribution in [3.8, 4) is 0 Å². The van der Waals surface area contributed by atoms with Gasteiger partial charge in [0.05, 0.1) is 5.75 Å². The summed E-state index contributed by atoms with van der Waals surface area (Å²) in [6.07, 6.45) is 0.541. The fourth-order valence-corrected chi connectivity index (χ4v) is 3.65. The van der Waals surface area contributed by atoms with Crippen molar-refractivity contribution in [3.63, 3.8) is 0 Å². The first-order valence-corrected chi connectivity index (χ1v) is 7.90. The van der Waals surface area contributed by atoms with Crippen LogP contribution in [0, 0.1) is 5.41 Å². The molecule has 0 aliphatic rings. The molecule has 1 aromatic heterocycles. The third-order valence-electron chi connectivity index (χ3n) is 2.19. The summed E-state index contributed by atoms with van der Waals surface area (Å²) in [5.41, 5.74) is -0.0591. The first-order chi connectivity index (χ1) is 8.09. The minimum atomic E-state index is -3.41. The molecule has 1 rings (SSSR count). The Kier molecular flexibility index (Phi) is 4.39. The second-order valence-corrected chi connectivity index (χ2v) is 8.13. The van der Waals surface area contributed by atoms with Crippen LogP contribution in [-0.4, -0.2) is 25.2 Å². The molecule has 0 bridgehead atoms. The zero-order valence-electron chi connectivity index (χ0n) is 10.6. The summed E-state index contributed by atoms with van der Waals surface area (Å²) in [6.45, 7) is 5.91. The molecule has 18 heavy (non-hydrogen) atoms. The number of aromatic carboxylic acids is 1. The van der Waals surface area contributed by atoms with Gasteiger partial charge in [0.1, 0.15) is 9.88 Å². The first-order valence-electron chi connectivity index (χ1n) is 5.43. The molecule has 5 nitrogen and oxygen atoms in total. The minimum Gasteiger partial charge on any atom is -0.477 e. The number of anilines is 1. The van der Waals surface area contributed by atoms with Crippen LogP contribution in [0.5, 0.6) is 0 Å². The van der Waals surface area contributed by atoms with Crippen LogP contribution >= 0.6 is 11.3 Å². The SMILES string of the molecule is CC(C)(C)CCS(=O)(=O)Nc1ccc(C(=O)O)s1. The molecular weight excluding hydrogens is 274 g/mol. The Morgan fingerprint density at radius 3 is 2.44 bits per heavy atom. The molecule has 0 unspecified atom stereocenters. The van der Waals surface area contributed by atoms with Gasteiger partial charge in [0.25, 0.3) is 0 Å². The predicted octanol–water partition coefficient (Wildman–Crippen LogP) is 2.62. The zero-order valence-corrected chi connectivity index (χ0v) is 12.2. The number of hydrogen-bond acceptors (Lipinski definition) is 4. The number of thiophene rings is 1. The highest BCUT2D eigenvalue weighted by molar-refractivity contribution is 7.92. The molecule has 0 radical (unpaired) electrons. The van der Waals surface area contributed by atoms with Crippen molar-refractivity contribution in [2.75, 3.05) is 10.5 Å². The van der Waals surface area contributed by atoms with E-state index in [2.05, 4.69) is 4.72 Å². The Hall–Kier alpha value is -1.08. The summed E-state index contributed by atoms with van der Waals surface area (Å²) in [5.74, 6) is -1.03. The van der Waals surface area contributed by atoms with E-state index in [4.69, 9.17) is 5.11 Å². The van der Waals surface area contributed by atoms with E-state index in [1.165, 1.54) is 12.1 Å². The van der Waals surface area contributed by atoms with Crippen molar-refractivity contribution in [1.82, 2.24) is 0 Å². The van der Waals surface area contributed by atoms with Gasteiger partial charge in [0.2, 0.25) is 10.0 Å². The summed E-state index contributed by atoms with van der Waals surface area (Å²) in [5, 5.41) is 9.07. The highest BCUT2D eigenvalue weighted by Crippen LogP contribution is 2.24. The molecule has 0 atom stereocenters. The van der Waals surface area contributed by atoms with Crippen LogP contribution in [0.25, 0.3) is 0 Å². The number of nitrogens with one attached hydrogen (secondary N) is 1. The van der Waals surface area contributed by atoms with E-state index in [0.29, 0.717) is 11.4 Å². The van der Waals surface area contributed by atoms with Gasteiger partial charge in [-0.1, -0.05) is 20.8 Å². The van der Waals surface area contributed by atoms with E-state index < -0.39 is 16.0 Å². The van der Waals surface area contributed by atoms with Gasteiger partial charge in [-0.15, -0.1) is 11.3 Å². The minimum absolute atomic E-state index is 0.0246. The molecule has 0 aliphatic heterocycles. The van der Waals surface area contributed by atoms with Gasteiger partial charge >= 0.3 is 5.97 Å². The standard InChI is InChI=1S/C11H17NO4S2/c1-11(2,3)6-7-18(15,16)12-9-5-4-8(17-9)10(13)14/h4-5,12H,6-7H2,1-3H3,(H,13,14). The Balaban J connectivity index is 2.67. The molecule has 7 heteroatoms. The number of rotatable bonds is 5. The van der Waals surface area contributed by atoms with E-state index in [-0.39, 0.29) is 16.0 Å². The molecule has 0 spiro atoms. The molecule has 102 valence electrons. The van der Waals surface area contributed by atoms with Crippen molar-refractivity contribution in [1.29, 1.82) is 0 Å². The number of hydrogen-bond donors (Lipinski definition) is 2. The van der Waals surface area contributed by atoms with E-state index in [1.54, 1.807) is 0 Å². The molecule has 0 fully saturated rings. The summed E-state index contributed by atoms with van der Waals surface area (Å²) >= 11 is 0.911. The summed E-state index contributed by atoms with van der Waals surface area (Å²) < 4.78 is 25.9. The van der Waals surface area contributed by atoms with Gasteiger partial charge in [0, 0.05) is 0 Å². The van der Waals surface area contributed by atoms with Crippen LogP contribution in [-0.2, 0) is 10.0 Å². The maximum atomic E-state index is 11.8. The van der Waals surface area contributed by atoms with Crippen LogP contribution in [0.4, 0.5) is 5.00 Å². The Bertz CT molecular complexity index is 525. The molecule has 0 amide bonds. The fraction of sp³-hybridized carbons (Fsp3) is 0.545. The van der Waals surface area contributed by atoms with Gasteiger partial charge in [0.15, 0.2) is 0 Å². The smallest absolute Gasteiger partial charge is 0.345 e. The van der Waals surface area contributed by atoms with Gasteiger partial charge in [-0.25, -0.2) is 13.2 Å². The highest BCUT2D eigenvalue weighted by atomic mass is 32.2. The lowest BCUT2D eigenvalue weighted by atomic mass is 9.94. The predicted molar refractivity (Wildman–Crippen MR) is 72.8 cm³/mol. The van der Waals surface area contributed by atoms with E-state index in [1.807, 2.05) is 20.8 Å². The third kappa shape index (κ3) is 5.05. The maximum Gasteiger partial charge on any atom is 0.345 e. The van der Waals surface area contributed by atoms with Gasteiger partial charge in [-0.2, -0.15) is 0 Å². The highest BCUT2D eigenvalue weighted by Gasteiger charge is 2.18. The molecule has 0 aromatic carbocycles. The Morgan fingerprint density at radius 2 is 2.00 bits per heavy atom. The first kappa shape index (κ1) is 15.0. The van der Waals surface area contributed by atoms with E-state index >= 15 is 0 Å². The van der Waals surface area contributed by atoms with Crippen molar-refractivity contribution in [2.24, 2.45) is 5.41 Å². The Labute approximate surface area is 111 Å². The molecule has 0 aliphatic carbocycles. The van der Waals surface area contributed by atoms with Crippen molar-refractivity contribution < 1.29 is 18.3 Å². The van der Waals surface area contributed by atoms with Crippen molar-refractivity contribution in [3.05, 3.63) is 17.0 Å². The van der Waals surface area contributed by atoms with Crippen molar-refractivity contribution in [2.45, 2.75) is 27.2 Å². The molecule has 1 aromatic rings. The van der Waals surface area contributed by atoms with Crippen LogP contribution in [0.1, 0.15) is 36.9 Å². The topological polar surface area (TPSA) is 83.5 Å². The lowest BCUT2D eigenvalue weighted by molar-refractivity contribution is 0.0702. The van der Waals surface area contributed by atoms with Crippen molar-refractivity contribution >= 4 is 32.3 Å². The van der Waals surface area contributed by atoms with E-state index in [9.17, 15) is 13.2 Å². The molecule has 0 saturated carbocycles. The summed E-state index contributed by atoms with van der Waals surface area (Å²) in [7, 11) is -3.41. The number of sulfonamides is 1.